The Morgan fingerprint density at radius 1 is 1.33 bits per heavy atom. The predicted octanol–water partition coefficient (Wildman–Crippen LogP) is 1.000. The summed E-state index contributed by atoms with van der Waals surface area (Å²) in [5.74, 6) is -1.20. The summed E-state index contributed by atoms with van der Waals surface area (Å²) in [7, 11) is -4.28. The highest BCUT2D eigenvalue weighted by molar-refractivity contribution is 7.52. The van der Waals surface area contributed by atoms with Gasteiger partial charge in [-0.1, -0.05) is 24.3 Å². The second kappa shape index (κ2) is 5.54. The van der Waals surface area contributed by atoms with E-state index in [9.17, 15) is 19.1 Å². The Hall–Kier alpha value is -1.20. The van der Waals surface area contributed by atoms with Gasteiger partial charge in [-0.05, 0) is 30.4 Å². The molecule has 1 aromatic carbocycles. The van der Waals surface area contributed by atoms with Crippen LogP contribution in [-0.2, 0) is 15.8 Å². The van der Waals surface area contributed by atoms with Gasteiger partial charge in [-0.3, -0.25) is 9.36 Å². The number of carbonyl (C=O) groups excluding carboxylic acids is 1. The fraction of sp³-hybridized carbons (Fsp3) is 0.500. The van der Waals surface area contributed by atoms with E-state index in [0.29, 0.717) is 25.9 Å². The lowest BCUT2D eigenvalue weighted by Crippen LogP contribution is -2.45. The molecule has 2 aliphatic rings. The maximum atomic E-state index is 12.7. The summed E-state index contributed by atoms with van der Waals surface area (Å²) in [6, 6.07) is 7.24. The highest BCUT2D eigenvalue weighted by Crippen LogP contribution is 2.48. The molecular weight excluding hydrogens is 291 g/mol. The van der Waals surface area contributed by atoms with Crippen molar-refractivity contribution in [3.63, 3.8) is 0 Å². The molecule has 3 N–H and O–H groups in total. The molecule has 0 spiro atoms. The Kier molecular flexibility index (Phi) is 3.88. The quantitative estimate of drug-likeness (QED) is 0.709. The first kappa shape index (κ1) is 14.7. The van der Waals surface area contributed by atoms with Gasteiger partial charge in [0.2, 0.25) is 5.91 Å². The summed E-state index contributed by atoms with van der Waals surface area (Å²) in [6.45, 7) is 1.11. The third kappa shape index (κ3) is 2.77. The predicted molar refractivity (Wildman–Crippen MR) is 77.7 cm³/mol. The zero-order chi connectivity index (χ0) is 15.0. The van der Waals surface area contributed by atoms with Gasteiger partial charge in [-0.15, -0.1) is 0 Å². The third-order valence-corrected chi connectivity index (χ3v) is 5.56. The first-order valence-corrected chi connectivity index (χ1v) is 8.83. The standard InChI is InChI=1S/C14H19N2O4P/c17-14(16-9-3-6-12(16)21(18,19)20)13-11-5-2-1-4-10(11)7-8-15-13/h1-2,4-5,12-13,15H,3,6-9H2,(H2,18,19,20)/t12-,13-/m0/s1. The largest absolute Gasteiger partial charge is 0.347 e. The topological polar surface area (TPSA) is 89.9 Å². The molecule has 114 valence electrons. The number of fused-ring (bicyclic) bond motifs is 1. The van der Waals surface area contributed by atoms with Crippen LogP contribution in [0.15, 0.2) is 24.3 Å². The molecule has 0 radical (unpaired) electrons. The maximum absolute atomic E-state index is 12.7. The Balaban J connectivity index is 1.88. The highest BCUT2D eigenvalue weighted by atomic mass is 31.2. The molecule has 2 heterocycles. The number of carbonyl (C=O) groups is 1. The first-order chi connectivity index (χ1) is 9.98. The van der Waals surface area contributed by atoms with Gasteiger partial charge in [0.15, 0.2) is 0 Å². The number of nitrogens with one attached hydrogen (secondary N) is 1. The SMILES string of the molecule is O=C([C@H]1NCCc2ccccc21)N1CCC[C@@H]1P(=O)(O)O. The molecule has 0 unspecified atom stereocenters. The van der Waals surface area contributed by atoms with Crippen molar-refractivity contribution in [2.75, 3.05) is 13.1 Å². The minimum atomic E-state index is -4.28. The molecule has 1 fully saturated rings. The lowest BCUT2D eigenvalue weighted by molar-refractivity contribution is -0.133. The highest BCUT2D eigenvalue weighted by Gasteiger charge is 2.43. The molecule has 2 aliphatic heterocycles. The van der Waals surface area contributed by atoms with Crippen LogP contribution < -0.4 is 5.32 Å². The summed E-state index contributed by atoms with van der Waals surface area (Å²) in [5, 5.41) is 3.18. The van der Waals surface area contributed by atoms with Crippen LogP contribution >= 0.6 is 7.60 Å². The second-order valence-corrected chi connectivity index (χ2v) is 7.35. The summed E-state index contributed by atoms with van der Waals surface area (Å²) in [4.78, 5) is 33.0. The molecule has 0 bridgehead atoms. The number of benzene rings is 1. The third-order valence-electron chi connectivity index (χ3n) is 4.25. The molecule has 0 aliphatic carbocycles. The molecule has 1 aromatic rings. The van der Waals surface area contributed by atoms with Crippen LogP contribution in [0.25, 0.3) is 0 Å². The molecule has 1 amide bonds. The van der Waals surface area contributed by atoms with E-state index in [0.717, 1.165) is 17.5 Å². The molecule has 3 rings (SSSR count). The lowest BCUT2D eigenvalue weighted by atomic mass is 9.93. The number of rotatable bonds is 2. The number of hydrogen-bond donors (Lipinski definition) is 3. The van der Waals surface area contributed by atoms with Gasteiger partial charge in [-0.25, -0.2) is 0 Å². The van der Waals surface area contributed by atoms with E-state index in [-0.39, 0.29) is 5.91 Å². The van der Waals surface area contributed by atoms with E-state index in [1.807, 2.05) is 24.3 Å². The fourth-order valence-corrected chi connectivity index (χ4v) is 4.36. The Bertz CT molecular complexity index is 600. The first-order valence-electron chi connectivity index (χ1n) is 7.15. The molecule has 7 heteroatoms. The zero-order valence-electron chi connectivity index (χ0n) is 11.6. The van der Waals surface area contributed by atoms with Crippen LogP contribution in [0.5, 0.6) is 0 Å². The molecule has 21 heavy (non-hydrogen) atoms. The van der Waals surface area contributed by atoms with E-state index in [2.05, 4.69) is 5.32 Å². The Morgan fingerprint density at radius 3 is 2.86 bits per heavy atom. The summed E-state index contributed by atoms with van der Waals surface area (Å²) >= 11 is 0. The van der Waals surface area contributed by atoms with Crippen LogP contribution in [0.2, 0.25) is 0 Å². The monoisotopic (exact) mass is 310 g/mol. The van der Waals surface area contributed by atoms with Crippen molar-refractivity contribution < 1.29 is 19.1 Å². The number of nitrogens with zero attached hydrogens (tertiary/aromatic N) is 1. The van der Waals surface area contributed by atoms with Gasteiger partial charge in [-0.2, -0.15) is 0 Å². The van der Waals surface area contributed by atoms with Crippen molar-refractivity contribution in [1.82, 2.24) is 10.2 Å². The van der Waals surface area contributed by atoms with Crippen LogP contribution in [0.3, 0.4) is 0 Å². The van der Waals surface area contributed by atoms with E-state index >= 15 is 0 Å². The van der Waals surface area contributed by atoms with Gasteiger partial charge in [0.05, 0.1) is 0 Å². The Labute approximate surface area is 123 Å². The fourth-order valence-electron chi connectivity index (χ4n) is 3.25. The Morgan fingerprint density at radius 2 is 2.10 bits per heavy atom. The number of amides is 1. The molecule has 6 nitrogen and oxygen atoms in total. The number of hydrogen-bond acceptors (Lipinski definition) is 3. The normalized spacial score (nSPS) is 25.7. The minimum Gasteiger partial charge on any atom is -0.326 e. The minimum absolute atomic E-state index is 0.229. The zero-order valence-corrected chi connectivity index (χ0v) is 12.5. The lowest BCUT2D eigenvalue weighted by Gasteiger charge is -2.32. The van der Waals surface area contributed by atoms with Gasteiger partial charge >= 0.3 is 7.60 Å². The molecule has 0 saturated carbocycles. The average Bonchev–Trinajstić information content (AvgIpc) is 2.95. The van der Waals surface area contributed by atoms with E-state index < -0.39 is 19.4 Å². The van der Waals surface area contributed by atoms with Crippen molar-refractivity contribution in [3.05, 3.63) is 35.4 Å². The van der Waals surface area contributed by atoms with Crippen molar-refractivity contribution >= 4 is 13.5 Å². The molecule has 1 saturated heterocycles. The molecule has 0 aromatic heterocycles. The molecule has 2 atom stereocenters. The summed E-state index contributed by atoms with van der Waals surface area (Å²) in [6.07, 6.45) is 1.86. The van der Waals surface area contributed by atoms with Crippen molar-refractivity contribution in [3.8, 4) is 0 Å². The van der Waals surface area contributed by atoms with E-state index in [1.54, 1.807) is 0 Å². The van der Waals surface area contributed by atoms with Crippen LogP contribution in [0, 0.1) is 0 Å². The van der Waals surface area contributed by atoms with Crippen molar-refractivity contribution in [2.24, 2.45) is 0 Å². The van der Waals surface area contributed by atoms with E-state index in [4.69, 9.17) is 0 Å². The van der Waals surface area contributed by atoms with Gasteiger partial charge in [0.1, 0.15) is 11.8 Å². The maximum Gasteiger partial charge on any atom is 0.347 e. The summed E-state index contributed by atoms with van der Waals surface area (Å²) in [5.41, 5.74) is 2.05. The van der Waals surface area contributed by atoms with Crippen molar-refractivity contribution in [1.29, 1.82) is 0 Å². The van der Waals surface area contributed by atoms with Gasteiger partial charge < -0.3 is 20.0 Å². The van der Waals surface area contributed by atoms with Crippen molar-refractivity contribution in [2.45, 2.75) is 31.1 Å². The van der Waals surface area contributed by atoms with Crippen LogP contribution in [-0.4, -0.2) is 39.5 Å². The van der Waals surface area contributed by atoms with Crippen LogP contribution in [0.1, 0.15) is 30.0 Å². The van der Waals surface area contributed by atoms with E-state index in [1.165, 1.54) is 4.90 Å². The van der Waals surface area contributed by atoms with Gasteiger partial charge in [0, 0.05) is 13.1 Å². The smallest absolute Gasteiger partial charge is 0.326 e. The number of likely N-dealkylation sites (tertiary alicyclic amines) is 1. The molecular formula is C14H19N2O4P. The van der Waals surface area contributed by atoms with Gasteiger partial charge in [0.25, 0.3) is 0 Å². The average molecular weight is 310 g/mol. The second-order valence-electron chi connectivity index (χ2n) is 5.58. The van der Waals surface area contributed by atoms with Crippen LogP contribution in [0.4, 0.5) is 0 Å². The summed E-state index contributed by atoms with van der Waals surface area (Å²) < 4.78 is 11.6.